The Morgan fingerprint density at radius 3 is 2.75 bits per heavy atom. The molecule has 0 saturated carbocycles. The minimum atomic E-state index is -0.0126. The Bertz CT molecular complexity index is 662. The summed E-state index contributed by atoms with van der Waals surface area (Å²) in [5, 5.41) is 0. The van der Waals surface area contributed by atoms with Gasteiger partial charge in [-0.05, 0) is 46.1 Å². The zero-order valence-electron chi connectivity index (χ0n) is 12.5. The smallest absolute Gasteiger partial charge is 0.272 e. The van der Waals surface area contributed by atoms with Crippen LogP contribution in [0.15, 0.2) is 23.0 Å². The fraction of sp³-hybridized carbons (Fsp3) is 0.467. The number of aromatic nitrogens is 2. The summed E-state index contributed by atoms with van der Waals surface area (Å²) < 4.78 is 7.02. The molecule has 1 aromatic heterocycles. The summed E-state index contributed by atoms with van der Waals surface area (Å²) in [6.45, 7) is 3.40. The molecule has 0 fully saturated rings. The van der Waals surface area contributed by atoms with Gasteiger partial charge in [-0.3, -0.25) is 4.79 Å². The first-order valence-electron chi connectivity index (χ1n) is 6.73. The number of fused-ring (bicyclic) bond motifs is 1. The molecule has 2 rings (SSSR count). The molecule has 0 amide bonds. The van der Waals surface area contributed by atoms with Crippen LogP contribution in [0.2, 0.25) is 0 Å². The maximum Gasteiger partial charge on any atom is 0.272 e. The van der Waals surface area contributed by atoms with Gasteiger partial charge >= 0.3 is 0 Å². The molecule has 0 N–H and O–H groups in total. The van der Waals surface area contributed by atoms with Gasteiger partial charge in [-0.15, -0.1) is 0 Å². The van der Waals surface area contributed by atoms with Gasteiger partial charge in [-0.2, -0.15) is 0 Å². The summed E-state index contributed by atoms with van der Waals surface area (Å²) in [5.74, 6) is 0.753. The van der Waals surface area contributed by atoms with Crippen LogP contribution in [0.25, 0.3) is 11.0 Å². The monoisotopic (exact) mass is 275 g/mol. The Balaban J connectivity index is 2.45. The second kappa shape index (κ2) is 6.05. The minimum Gasteiger partial charge on any atom is -0.497 e. The molecule has 0 unspecified atom stereocenters. The summed E-state index contributed by atoms with van der Waals surface area (Å²) in [7, 11) is 5.69. The highest BCUT2D eigenvalue weighted by Gasteiger charge is 2.09. The fourth-order valence-electron chi connectivity index (χ4n) is 2.25. The molecule has 1 aromatic carbocycles. The number of methoxy groups -OCH3 is 1. The number of hydrogen-bond donors (Lipinski definition) is 0. The van der Waals surface area contributed by atoms with E-state index in [9.17, 15) is 4.79 Å². The van der Waals surface area contributed by atoms with Gasteiger partial charge in [0.05, 0.1) is 18.1 Å². The topological polar surface area (TPSA) is 47.4 Å². The Morgan fingerprint density at radius 1 is 1.35 bits per heavy atom. The van der Waals surface area contributed by atoms with Gasteiger partial charge in [-0.25, -0.2) is 4.98 Å². The van der Waals surface area contributed by atoms with E-state index >= 15 is 0 Å². The molecule has 108 valence electrons. The van der Waals surface area contributed by atoms with Gasteiger partial charge in [0.2, 0.25) is 0 Å². The van der Waals surface area contributed by atoms with Crippen molar-refractivity contribution in [2.45, 2.75) is 19.9 Å². The van der Waals surface area contributed by atoms with E-state index in [0.717, 1.165) is 29.7 Å². The van der Waals surface area contributed by atoms with Crippen LogP contribution < -0.4 is 10.3 Å². The number of nitrogens with zero attached hydrogens (tertiary/aromatic N) is 3. The zero-order valence-corrected chi connectivity index (χ0v) is 12.5. The van der Waals surface area contributed by atoms with Crippen LogP contribution in [-0.4, -0.2) is 42.2 Å². The Hall–Kier alpha value is -1.88. The molecule has 0 saturated heterocycles. The van der Waals surface area contributed by atoms with Crippen molar-refractivity contribution < 1.29 is 4.74 Å². The van der Waals surface area contributed by atoms with E-state index in [1.54, 1.807) is 18.6 Å². The van der Waals surface area contributed by atoms with Gasteiger partial charge < -0.3 is 14.2 Å². The molecule has 20 heavy (non-hydrogen) atoms. The van der Waals surface area contributed by atoms with Crippen molar-refractivity contribution in [1.82, 2.24) is 14.5 Å². The first-order chi connectivity index (χ1) is 9.52. The maximum absolute atomic E-state index is 12.3. The predicted octanol–water partition coefficient (Wildman–Crippen LogP) is 1.67. The van der Waals surface area contributed by atoms with Gasteiger partial charge in [0, 0.05) is 12.6 Å². The van der Waals surface area contributed by atoms with Crippen LogP contribution in [0, 0.1) is 6.92 Å². The summed E-state index contributed by atoms with van der Waals surface area (Å²) >= 11 is 0. The molecule has 2 aromatic rings. The lowest BCUT2D eigenvalue weighted by molar-refractivity contribution is 0.386. The third-order valence-corrected chi connectivity index (χ3v) is 3.30. The number of benzene rings is 1. The summed E-state index contributed by atoms with van der Waals surface area (Å²) in [4.78, 5) is 18.7. The molecule has 5 nitrogen and oxygen atoms in total. The van der Waals surface area contributed by atoms with Crippen molar-refractivity contribution in [3.8, 4) is 5.75 Å². The minimum absolute atomic E-state index is 0.0126. The molecule has 1 heterocycles. The summed E-state index contributed by atoms with van der Waals surface area (Å²) in [6, 6.07) is 5.63. The SMILES string of the molecule is COc1ccc2c(c1)nc(C)c(=O)n2CCCN(C)C. The van der Waals surface area contributed by atoms with Crippen LogP contribution in [0.1, 0.15) is 12.1 Å². The van der Waals surface area contributed by atoms with E-state index in [2.05, 4.69) is 9.88 Å². The van der Waals surface area contributed by atoms with E-state index in [0.29, 0.717) is 12.2 Å². The average Bonchev–Trinajstić information content (AvgIpc) is 2.42. The van der Waals surface area contributed by atoms with Crippen LogP contribution in [0.4, 0.5) is 0 Å². The van der Waals surface area contributed by atoms with Crippen molar-refractivity contribution in [2.75, 3.05) is 27.7 Å². The predicted molar refractivity (Wildman–Crippen MR) is 80.5 cm³/mol. The summed E-state index contributed by atoms with van der Waals surface area (Å²) in [6.07, 6.45) is 0.928. The van der Waals surface area contributed by atoms with Crippen molar-refractivity contribution in [3.63, 3.8) is 0 Å². The normalized spacial score (nSPS) is 11.2. The summed E-state index contributed by atoms with van der Waals surface area (Å²) in [5.41, 5.74) is 2.17. The third kappa shape index (κ3) is 2.99. The van der Waals surface area contributed by atoms with Crippen molar-refractivity contribution in [2.24, 2.45) is 0 Å². The lowest BCUT2D eigenvalue weighted by Crippen LogP contribution is -2.26. The standard InChI is InChI=1S/C15H21N3O2/c1-11-15(19)18(9-5-8-17(2)3)14-7-6-12(20-4)10-13(14)16-11/h6-7,10H,5,8-9H2,1-4H3. The van der Waals surface area contributed by atoms with E-state index in [4.69, 9.17) is 4.74 Å². The Kier molecular flexibility index (Phi) is 4.39. The number of aryl methyl sites for hydroxylation is 2. The molecular formula is C15H21N3O2. The van der Waals surface area contributed by atoms with Crippen molar-refractivity contribution in [1.29, 1.82) is 0 Å². The highest BCUT2D eigenvalue weighted by Crippen LogP contribution is 2.18. The van der Waals surface area contributed by atoms with Gasteiger partial charge in [-0.1, -0.05) is 0 Å². The van der Waals surface area contributed by atoms with Crippen LogP contribution in [-0.2, 0) is 6.54 Å². The van der Waals surface area contributed by atoms with Gasteiger partial charge in [0.1, 0.15) is 11.4 Å². The highest BCUT2D eigenvalue weighted by molar-refractivity contribution is 5.76. The quantitative estimate of drug-likeness (QED) is 0.832. The van der Waals surface area contributed by atoms with Gasteiger partial charge in [0.15, 0.2) is 0 Å². The average molecular weight is 275 g/mol. The number of rotatable bonds is 5. The second-order valence-corrected chi connectivity index (χ2v) is 5.17. The Morgan fingerprint density at radius 2 is 2.10 bits per heavy atom. The fourth-order valence-corrected chi connectivity index (χ4v) is 2.25. The molecule has 0 aliphatic heterocycles. The number of ether oxygens (including phenoxy) is 1. The second-order valence-electron chi connectivity index (χ2n) is 5.17. The molecule has 0 aliphatic carbocycles. The molecule has 0 spiro atoms. The van der Waals surface area contributed by atoms with Crippen molar-refractivity contribution >= 4 is 11.0 Å². The molecule has 0 bridgehead atoms. The molecule has 0 radical (unpaired) electrons. The Labute approximate surface area is 118 Å². The molecule has 5 heteroatoms. The van der Waals surface area contributed by atoms with E-state index in [-0.39, 0.29) is 5.56 Å². The maximum atomic E-state index is 12.3. The largest absolute Gasteiger partial charge is 0.497 e. The zero-order chi connectivity index (χ0) is 14.7. The van der Waals surface area contributed by atoms with E-state index in [1.807, 2.05) is 32.3 Å². The van der Waals surface area contributed by atoms with E-state index in [1.165, 1.54) is 0 Å². The first-order valence-corrected chi connectivity index (χ1v) is 6.73. The van der Waals surface area contributed by atoms with E-state index < -0.39 is 0 Å². The molecule has 0 atom stereocenters. The first kappa shape index (κ1) is 14.5. The lowest BCUT2D eigenvalue weighted by atomic mass is 10.2. The lowest BCUT2D eigenvalue weighted by Gasteiger charge is -2.14. The third-order valence-electron chi connectivity index (χ3n) is 3.30. The molecule has 0 aliphatic rings. The van der Waals surface area contributed by atoms with Crippen LogP contribution >= 0.6 is 0 Å². The van der Waals surface area contributed by atoms with Crippen LogP contribution in [0.5, 0.6) is 5.75 Å². The van der Waals surface area contributed by atoms with Gasteiger partial charge in [0.25, 0.3) is 5.56 Å². The van der Waals surface area contributed by atoms with Crippen molar-refractivity contribution in [3.05, 3.63) is 34.2 Å². The molecular weight excluding hydrogens is 254 g/mol. The number of hydrogen-bond acceptors (Lipinski definition) is 4. The van der Waals surface area contributed by atoms with Crippen LogP contribution in [0.3, 0.4) is 0 Å². The highest BCUT2D eigenvalue weighted by atomic mass is 16.5.